The van der Waals surface area contributed by atoms with Crippen molar-refractivity contribution in [1.82, 2.24) is 4.98 Å². The predicted octanol–water partition coefficient (Wildman–Crippen LogP) is 3.87. The molecule has 0 bridgehead atoms. The lowest BCUT2D eigenvalue weighted by molar-refractivity contribution is -0.116. The van der Waals surface area contributed by atoms with E-state index in [9.17, 15) is 4.79 Å². The summed E-state index contributed by atoms with van der Waals surface area (Å²) in [4.78, 5) is 19.0. The summed E-state index contributed by atoms with van der Waals surface area (Å²) in [5.74, 6) is 1.10. The van der Waals surface area contributed by atoms with E-state index in [0.717, 1.165) is 42.1 Å². The Morgan fingerprint density at radius 1 is 1.17 bits per heavy atom. The van der Waals surface area contributed by atoms with E-state index < -0.39 is 0 Å². The summed E-state index contributed by atoms with van der Waals surface area (Å²) in [6.07, 6.45) is 5.55. The Hall–Kier alpha value is -2.36. The molecule has 24 heavy (non-hydrogen) atoms. The lowest BCUT2D eigenvalue weighted by atomic mass is 10.1. The Bertz CT molecular complexity index is 721. The van der Waals surface area contributed by atoms with Crippen molar-refractivity contribution in [2.45, 2.75) is 39.5 Å². The third-order valence-electron chi connectivity index (χ3n) is 4.55. The maximum Gasteiger partial charge on any atom is 0.224 e. The maximum absolute atomic E-state index is 12.3. The van der Waals surface area contributed by atoms with Crippen LogP contribution in [-0.2, 0) is 11.2 Å². The topological polar surface area (TPSA) is 45.2 Å². The minimum atomic E-state index is 0.0586. The van der Waals surface area contributed by atoms with E-state index in [1.54, 1.807) is 0 Å². The second-order valence-corrected chi connectivity index (χ2v) is 6.58. The fraction of sp³-hybridized carbons (Fsp3) is 0.400. The second-order valence-electron chi connectivity index (χ2n) is 6.58. The lowest BCUT2D eigenvalue weighted by Crippen LogP contribution is -2.19. The van der Waals surface area contributed by atoms with Crippen molar-refractivity contribution >= 4 is 17.4 Å². The molecule has 1 saturated heterocycles. The molecule has 3 rings (SSSR count). The summed E-state index contributed by atoms with van der Waals surface area (Å²) in [7, 11) is 0. The number of nitrogens with one attached hydrogen (secondary N) is 1. The van der Waals surface area contributed by atoms with Crippen molar-refractivity contribution in [2.24, 2.45) is 0 Å². The molecule has 126 valence electrons. The first-order chi connectivity index (χ1) is 11.6. The van der Waals surface area contributed by atoms with Gasteiger partial charge in [0.25, 0.3) is 0 Å². The van der Waals surface area contributed by atoms with Crippen LogP contribution in [0.4, 0.5) is 11.5 Å². The number of amides is 1. The van der Waals surface area contributed by atoms with E-state index in [2.05, 4.69) is 27.3 Å². The van der Waals surface area contributed by atoms with E-state index >= 15 is 0 Å². The number of benzene rings is 1. The van der Waals surface area contributed by atoms with E-state index in [1.165, 1.54) is 18.4 Å². The fourth-order valence-electron chi connectivity index (χ4n) is 3.08. The summed E-state index contributed by atoms with van der Waals surface area (Å²) in [6.45, 7) is 6.22. The minimum absolute atomic E-state index is 0.0586. The molecule has 4 heteroatoms. The fourth-order valence-corrected chi connectivity index (χ4v) is 3.08. The zero-order valence-electron chi connectivity index (χ0n) is 14.5. The third-order valence-corrected chi connectivity index (χ3v) is 4.55. The van der Waals surface area contributed by atoms with Crippen LogP contribution in [-0.4, -0.2) is 24.0 Å². The van der Waals surface area contributed by atoms with Crippen LogP contribution in [0.2, 0.25) is 0 Å². The van der Waals surface area contributed by atoms with E-state index in [-0.39, 0.29) is 5.91 Å². The summed E-state index contributed by atoms with van der Waals surface area (Å²) in [5, 5.41) is 3.03. The van der Waals surface area contributed by atoms with Gasteiger partial charge in [0.05, 0.1) is 0 Å². The Balaban J connectivity index is 1.58. The van der Waals surface area contributed by atoms with Gasteiger partial charge in [-0.3, -0.25) is 4.79 Å². The van der Waals surface area contributed by atoms with E-state index in [1.807, 2.05) is 38.2 Å². The number of hydrogen-bond acceptors (Lipinski definition) is 3. The number of aryl methyl sites for hydroxylation is 3. The smallest absolute Gasteiger partial charge is 0.224 e. The van der Waals surface area contributed by atoms with Crippen molar-refractivity contribution in [3.63, 3.8) is 0 Å². The van der Waals surface area contributed by atoms with Crippen LogP contribution in [0.25, 0.3) is 0 Å². The molecule has 1 aliphatic heterocycles. The van der Waals surface area contributed by atoms with Crippen molar-refractivity contribution in [1.29, 1.82) is 0 Å². The molecular weight excluding hydrogens is 298 g/mol. The lowest BCUT2D eigenvalue weighted by Gasteiger charge is -2.16. The number of carbonyl (C=O) groups excluding carboxylic acids is 1. The molecule has 0 spiro atoms. The van der Waals surface area contributed by atoms with Crippen molar-refractivity contribution in [2.75, 3.05) is 23.3 Å². The number of rotatable bonds is 5. The Morgan fingerprint density at radius 2 is 1.96 bits per heavy atom. The highest BCUT2D eigenvalue weighted by Crippen LogP contribution is 2.20. The summed E-state index contributed by atoms with van der Waals surface area (Å²) < 4.78 is 0. The molecule has 4 nitrogen and oxygen atoms in total. The Morgan fingerprint density at radius 3 is 2.75 bits per heavy atom. The monoisotopic (exact) mass is 323 g/mol. The highest BCUT2D eigenvalue weighted by Gasteiger charge is 2.14. The van der Waals surface area contributed by atoms with Gasteiger partial charge in [-0.25, -0.2) is 4.98 Å². The van der Waals surface area contributed by atoms with Crippen LogP contribution in [0.5, 0.6) is 0 Å². The van der Waals surface area contributed by atoms with Gasteiger partial charge in [-0.15, -0.1) is 0 Å². The number of pyridine rings is 1. The van der Waals surface area contributed by atoms with Gasteiger partial charge in [0.1, 0.15) is 5.82 Å². The largest absolute Gasteiger partial charge is 0.357 e. The van der Waals surface area contributed by atoms with Crippen LogP contribution in [0.3, 0.4) is 0 Å². The quantitative estimate of drug-likeness (QED) is 0.908. The highest BCUT2D eigenvalue weighted by atomic mass is 16.1. The summed E-state index contributed by atoms with van der Waals surface area (Å²) in [6, 6.07) is 10.2. The van der Waals surface area contributed by atoms with Gasteiger partial charge in [-0.1, -0.05) is 12.1 Å². The van der Waals surface area contributed by atoms with E-state index in [4.69, 9.17) is 0 Å². The van der Waals surface area contributed by atoms with Crippen LogP contribution < -0.4 is 10.2 Å². The molecule has 0 aliphatic carbocycles. The van der Waals surface area contributed by atoms with Gasteiger partial charge in [0.2, 0.25) is 5.91 Å². The molecule has 1 aromatic carbocycles. The molecule has 0 atom stereocenters. The normalized spacial score (nSPS) is 14.0. The highest BCUT2D eigenvalue weighted by molar-refractivity contribution is 5.91. The second kappa shape index (κ2) is 7.47. The number of nitrogens with zero attached hydrogens (tertiary/aromatic N) is 2. The molecule has 1 amide bonds. The molecule has 0 radical (unpaired) electrons. The zero-order chi connectivity index (χ0) is 16.9. The van der Waals surface area contributed by atoms with Crippen LogP contribution in [0.15, 0.2) is 36.5 Å². The average molecular weight is 323 g/mol. The van der Waals surface area contributed by atoms with Crippen molar-refractivity contribution < 1.29 is 4.79 Å². The zero-order valence-corrected chi connectivity index (χ0v) is 14.5. The van der Waals surface area contributed by atoms with Crippen LogP contribution >= 0.6 is 0 Å². The summed E-state index contributed by atoms with van der Waals surface area (Å²) in [5.41, 5.74) is 4.32. The SMILES string of the molecule is Cc1ccc(C)c(NC(=O)CCc2ccnc(N3CCCC3)c2)c1. The van der Waals surface area contributed by atoms with Gasteiger partial charge in [-0.2, -0.15) is 0 Å². The third kappa shape index (κ3) is 4.13. The van der Waals surface area contributed by atoms with Crippen molar-refractivity contribution in [3.05, 3.63) is 53.2 Å². The molecule has 0 saturated carbocycles. The molecule has 1 aromatic heterocycles. The molecule has 1 fully saturated rings. The van der Waals surface area contributed by atoms with Crippen LogP contribution in [0, 0.1) is 13.8 Å². The average Bonchev–Trinajstić information content (AvgIpc) is 3.11. The number of anilines is 2. The molecule has 0 unspecified atom stereocenters. The molecule has 1 aliphatic rings. The van der Waals surface area contributed by atoms with Crippen LogP contribution in [0.1, 0.15) is 36.0 Å². The number of aromatic nitrogens is 1. The van der Waals surface area contributed by atoms with E-state index in [0.29, 0.717) is 6.42 Å². The first-order valence-electron chi connectivity index (χ1n) is 8.69. The maximum atomic E-state index is 12.3. The molecule has 2 heterocycles. The molecule has 1 N–H and O–H groups in total. The molecule has 2 aromatic rings. The van der Waals surface area contributed by atoms with Gasteiger partial charge in [0, 0.05) is 31.4 Å². The predicted molar refractivity (Wildman–Crippen MR) is 98.6 cm³/mol. The Labute approximate surface area is 143 Å². The standard InChI is InChI=1S/C20H25N3O/c1-15-5-6-16(2)18(13-15)22-20(24)8-7-17-9-10-21-19(14-17)23-11-3-4-12-23/h5-6,9-10,13-14H,3-4,7-8,11-12H2,1-2H3,(H,22,24). The Kier molecular flexibility index (Phi) is 5.14. The minimum Gasteiger partial charge on any atom is -0.357 e. The van der Waals surface area contributed by atoms with Gasteiger partial charge < -0.3 is 10.2 Å². The number of carbonyl (C=O) groups is 1. The summed E-state index contributed by atoms with van der Waals surface area (Å²) >= 11 is 0. The first kappa shape index (κ1) is 16.5. The van der Waals surface area contributed by atoms with Crippen molar-refractivity contribution in [3.8, 4) is 0 Å². The van der Waals surface area contributed by atoms with Gasteiger partial charge in [0.15, 0.2) is 0 Å². The number of hydrogen-bond donors (Lipinski definition) is 1. The van der Waals surface area contributed by atoms with Gasteiger partial charge >= 0.3 is 0 Å². The molecular formula is C20H25N3O. The van der Waals surface area contributed by atoms with Gasteiger partial charge in [-0.05, 0) is 68.0 Å². The first-order valence-corrected chi connectivity index (χ1v) is 8.69.